The molecule has 0 amide bonds. The molecule has 0 heterocycles. The SMILES string of the molecule is CC(C)Oc1ccc([C@@H](N)C(F)(F)C(F)(F)F)cc1. The van der Waals surface area contributed by atoms with Crippen molar-refractivity contribution in [3.8, 4) is 5.75 Å². The zero-order valence-electron chi connectivity index (χ0n) is 10.3. The lowest BCUT2D eigenvalue weighted by Crippen LogP contribution is -2.45. The fourth-order valence-corrected chi connectivity index (χ4v) is 1.41. The van der Waals surface area contributed by atoms with E-state index in [9.17, 15) is 22.0 Å². The molecule has 1 rings (SSSR count). The highest BCUT2D eigenvalue weighted by Crippen LogP contribution is 2.43. The molecule has 0 radical (unpaired) electrons. The van der Waals surface area contributed by atoms with Crippen LogP contribution in [-0.2, 0) is 0 Å². The Kier molecular flexibility index (Phi) is 4.39. The Balaban J connectivity index is 2.92. The van der Waals surface area contributed by atoms with Crippen LogP contribution in [-0.4, -0.2) is 18.2 Å². The van der Waals surface area contributed by atoms with Gasteiger partial charge in [-0.3, -0.25) is 0 Å². The summed E-state index contributed by atoms with van der Waals surface area (Å²) in [6, 6.07) is 2.37. The van der Waals surface area contributed by atoms with Crippen LogP contribution in [0.25, 0.3) is 0 Å². The highest BCUT2D eigenvalue weighted by molar-refractivity contribution is 5.30. The van der Waals surface area contributed by atoms with E-state index in [1.165, 1.54) is 12.1 Å². The molecular formula is C12H14F5NO. The van der Waals surface area contributed by atoms with Crippen molar-refractivity contribution < 1.29 is 26.7 Å². The molecule has 0 aliphatic carbocycles. The fraction of sp³-hybridized carbons (Fsp3) is 0.500. The summed E-state index contributed by atoms with van der Waals surface area (Å²) in [6.07, 6.45) is -5.81. The Labute approximate surface area is 107 Å². The predicted molar refractivity (Wildman–Crippen MR) is 60.1 cm³/mol. The molecule has 108 valence electrons. The molecule has 1 aromatic carbocycles. The van der Waals surface area contributed by atoms with Gasteiger partial charge >= 0.3 is 12.1 Å². The molecule has 0 bridgehead atoms. The minimum atomic E-state index is -5.68. The smallest absolute Gasteiger partial charge is 0.455 e. The molecule has 0 aliphatic rings. The number of rotatable bonds is 4. The zero-order valence-corrected chi connectivity index (χ0v) is 10.3. The third-order valence-corrected chi connectivity index (χ3v) is 2.38. The number of nitrogens with two attached hydrogens (primary N) is 1. The van der Waals surface area contributed by atoms with Crippen LogP contribution in [0.5, 0.6) is 5.75 Å². The molecule has 0 fully saturated rings. The van der Waals surface area contributed by atoms with Crippen LogP contribution >= 0.6 is 0 Å². The standard InChI is InChI=1S/C12H14F5NO/c1-7(2)19-9-5-3-8(4-6-9)10(18)11(13,14)12(15,16)17/h3-7,10H,18H2,1-2H3/t10-/m1/s1. The summed E-state index contributed by atoms with van der Waals surface area (Å²) < 4.78 is 67.8. The van der Waals surface area contributed by atoms with Gasteiger partial charge in [0.2, 0.25) is 0 Å². The summed E-state index contributed by atoms with van der Waals surface area (Å²) in [6.45, 7) is 3.52. The van der Waals surface area contributed by atoms with Gasteiger partial charge in [0, 0.05) is 0 Å². The molecule has 0 unspecified atom stereocenters. The van der Waals surface area contributed by atoms with E-state index in [1.807, 2.05) is 0 Å². The Bertz CT molecular complexity index is 413. The molecule has 0 saturated carbocycles. The fourth-order valence-electron chi connectivity index (χ4n) is 1.41. The first kappa shape index (κ1) is 15.7. The van der Waals surface area contributed by atoms with Crippen LogP contribution in [0.1, 0.15) is 25.5 Å². The van der Waals surface area contributed by atoms with Crippen molar-refractivity contribution in [1.29, 1.82) is 0 Å². The minimum absolute atomic E-state index is 0.129. The Morgan fingerprint density at radius 3 is 1.84 bits per heavy atom. The second-order valence-corrected chi connectivity index (χ2v) is 4.33. The number of benzene rings is 1. The highest BCUT2D eigenvalue weighted by Gasteiger charge is 2.61. The van der Waals surface area contributed by atoms with E-state index in [2.05, 4.69) is 0 Å². The number of alkyl halides is 5. The summed E-state index contributed by atoms with van der Waals surface area (Å²) in [4.78, 5) is 0. The Morgan fingerprint density at radius 1 is 1.00 bits per heavy atom. The van der Waals surface area contributed by atoms with Gasteiger partial charge in [0.1, 0.15) is 11.8 Å². The van der Waals surface area contributed by atoms with Crippen molar-refractivity contribution in [2.45, 2.75) is 38.1 Å². The normalized spacial score (nSPS) is 14.6. The second-order valence-electron chi connectivity index (χ2n) is 4.33. The molecule has 2 N–H and O–H groups in total. The van der Waals surface area contributed by atoms with Gasteiger partial charge in [-0.25, -0.2) is 0 Å². The van der Waals surface area contributed by atoms with Gasteiger partial charge in [0.15, 0.2) is 0 Å². The summed E-state index contributed by atoms with van der Waals surface area (Å²) in [5.41, 5.74) is 4.69. The molecule has 0 aromatic heterocycles. The molecule has 0 saturated heterocycles. The third kappa shape index (κ3) is 3.56. The summed E-state index contributed by atoms with van der Waals surface area (Å²) in [5.74, 6) is -4.60. The van der Waals surface area contributed by atoms with Crippen molar-refractivity contribution in [1.82, 2.24) is 0 Å². The Morgan fingerprint density at radius 2 is 1.47 bits per heavy atom. The third-order valence-electron chi connectivity index (χ3n) is 2.38. The van der Waals surface area contributed by atoms with Crippen LogP contribution in [0.4, 0.5) is 22.0 Å². The van der Waals surface area contributed by atoms with Crippen molar-refractivity contribution in [3.63, 3.8) is 0 Å². The van der Waals surface area contributed by atoms with E-state index in [1.54, 1.807) is 13.8 Å². The number of halogens is 5. The summed E-state index contributed by atoms with van der Waals surface area (Å²) in [7, 11) is 0. The minimum Gasteiger partial charge on any atom is -0.491 e. The maximum Gasteiger partial charge on any atom is 0.455 e. The van der Waals surface area contributed by atoms with Gasteiger partial charge in [-0.05, 0) is 31.5 Å². The van der Waals surface area contributed by atoms with Crippen molar-refractivity contribution in [3.05, 3.63) is 29.8 Å². The summed E-state index contributed by atoms with van der Waals surface area (Å²) in [5, 5.41) is 0. The second kappa shape index (κ2) is 5.32. The first-order chi connectivity index (χ1) is 8.55. The van der Waals surface area contributed by atoms with E-state index < -0.39 is 18.1 Å². The van der Waals surface area contributed by atoms with E-state index in [4.69, 9.17) is 10.5 Å². The van der Waals surface area contributed by atoms with Crippen LogP contribution < -0.4 is 10.5 Å². The predicted octanol–water partition coefficient (Wildman–Crippen LogP) is 3.67. The maximum absolute atomic E-state index is 13.0. The lowest BCUT2D eigenvalue weighted by Gasteiger charge is -2.26. The number of hydrogen-bond donors (Lipinski definition) is 1. The molecule has 2 nitrogen and oxygen atoms in total. The van der Waals surface area contributed by atoms with Gasteiger partial charge in [-0.2, -0.15) is 22.0 Å². The first-order valence-electron chi connectivity index (χ1n) is 5.52. The Hall–Kier alpha value is -1.37. The van der Waals surface area contributed by atoms with Gasteiger partial charge in [-0.1, -0.05) is 12.1 Å². The van der Waals surface area contributed by atoms with Gasteiger partial charge < -0.3 is 10.5 Å². The lowest BCUT2D eigenvalue weighted by atomic mass is 10.0. The van der Waals surface area contributed by atoms with Crippen LogP contribution in [0.15, 0.2) is 24.3 Å². The van der Waals surface area contributed by atoms with E-state index in [0.717, 1.165) is 12.1 Å². The topological polar surface area (TPSA) is 35.2 Å². The monoisotopic (exact) mass is 283 g/mol. The quantitative estimate of drug-likeness (QED) is 0.856. The van der Waals surface area contributed by atoms with E-state index >= 15 is 0 Å². The van der Waals surface area contributed by atoms with Crippen LogP contribution in [0.3, 0.4) is 0 Å². The lowest BCUT2D eigenvalue weighted by molar-refractivity contribution is -0.291. The van der Waals surface area contributed by atoms with Gasteiger partial charge in [0.25, 0.3) is 0 Å². The van der Waals surface area contributed by atoms with Crippen molar-refractivity contribution in [2.75, 3.05) is 0 Å². The zero-order chi connectivity index (χ0) is 14.8. The van der Waals surface area contributed by atoms with E-state index in [0.29, 0.717) is 5.75 Å². The molecule has 7 heteroatoms. The van der Waals surface area contributed by atoms with E-state index in [-0.39, 0.29) is 11.7 Å². The summed E-state index contributed by atoms with van der Waals surface area (Å²) >= 11 is 0. The van der Waals surface area contributed by atoms with Crippen LogP contribution in [0, 0.1) is 0 Å². The molecule has 1 atom stereocenters. The van der Waals surface area contributed by atoms with Crippen molar-refractivity contribution in [2.24, 2.45) is 5.73 Å². The number of ether oxygens (including phenoxy) is 1. The van der Waals surface area contributed by atoms with Crippen LogP contribution in [0.2, 0.25) is 0 Å². The number of hydrogen-bond acceptors (Lipinski definition) is 2. The van der Waals surface area contributed by atoms with Gasteiger partial charge in [-0.15, -0.1) is 0 Å². The first-order valence-corrected chi connectivity index (χ1v) is 5.52. The maximum atomic E-state index is 13.0. The van der Waals surface area contributed by atoms with Crippen molar-refractivity contribution >= 4 is 0 Å². The molecule has 1 aromatic rings. The highest BCUT2D eigenvalue weighted by atomic mass is 19.4. The average Bonchev–Trinajstić information content (AvgIpc) is 2.26. The average molecular weight is 283 g/mol. The molecule has 0 spiro atoms. The molecule has 19 heavy (non-hydrogen) atoms. The van der Waals surface area contributed by atoms with Gasteiger partial charge in [0.05, 0.1) is 6.10 Å². The largest absolute Gasteiger partial charge is 0.491 e. The molecule has 0 aliphatic heterocycles. The molecular weight excluding hydrogens is 269 g/mol.